The highest BCUT2D eigenvalue weighted by atomic mass is 35.5. The molecule has 1 amide bonds. The summed E-state index contributed by atoms with van der Waals surface area (Å²) in [5.74, 6) is -0.182. The standard InChI is InChI=1S/C21H16ClN3OS/c1-13-3-7-16(8-4-13)19-21(24-14(2)26)27-20(25-19)17(12-23)11-15-5-9-18(22)10-6-15/h3-11H,1-2H3,(H,24,26). The van der Waals surface area contributed by atoms with Crippen molar-refractivity contribution in [1.82, 2.24) is 4.98 Å². The molecule has 3 rings (SSSR count). The van der Waals surface area contributed by atoms with Crippen LogP contribution >= 0.6 is 22.9 Å². The third-order valence-corrected chi connectivity index (χ3v) is 5.03. The summed E-state index contributed by atoms with van der Waals surface area (Å²) in [6, 6.07) is 17.3. The first kappa shape index (κ1) is 18.8. The normalized spacial score (nSPS) is 11.1. The Morgan fingerprint density at radius 1 is 1.19 bits per heavy atom. The van der Waals surface area contributed by atoms with E-state index in [1.165, 1.54) is 18.3 Å². The summed E-state index contributed by atoms with van der Waals surface area (Å²) >= 11 is 7.20. The van der Waals surface area contributed by atoms with Crippen LogP contribution in [-0.4, -0.2) is 10.9 Å². The Labute approximate surface area is 166 Å². The van der Waals surface area contributed by atoms with Crippen LogP contribution in [0.4, 0.5) is 5.00 Å². The molecule has 2 aromatic carbocycles. The number of carbonyl (C=O) groups is 1. The topological polar surface area (TPSA) is 65.8 Å². The van der Waals surface area contributed by atoms with E-state index in [1.54, 1.807) is 18.2 Å². The van der Waals surface area contributed by atoms with Gasteiger partial charge in [-0.3, -0.25) is 4.79 Å². The van der Waals surface area contributed by atoms with Gasteiger partial charge in [0.2, 0.25) is 5.91 Å². The Morgan fingerprint density at radius 3 is 2.44 bits per heavy atom. The molecular weight excluding hydrogens is 378 g/mol. The van der Waals surface area contributed by atoms with Gasteiger partial charge < -0.3 is 5.32 Å². The average Bonchev–Trinajstić information content (AvgIpc) is 3.04. The van der Waals surface area contributed by atoms with Crippen LogP contribution in [0.3, 0.4) is 0 Å². The van der Waals surface area contributed by atoms with Crippen LogP contribution in [0, 0.1) is 18.3 Å². The van der Waals surface area contributed by atoms with E-state index in [-0.39, 0.29) is 5.91 Å². The molecule has 0 bridgehead atoms. The smallest absolute Gasteiger partial charge is 0.221 e. The molecule has 0 saturated heterocycles. The number of hydrogen-bond acceptors (Lipinski definition) is 4. The quantitative estimate of drug-likeness (QED) is 0.570. The number of aryl methyl sites for hydroxylation is 1. The van der Waals surface area contributed by atoms with Crippen molar-refractivity contribution in [2.75, 3.05) is 5.32 Å². The Kier molecular flexibility index (Phi) is 5.70. The van der Waals surface area contributed by atoms with Crippen LogP contribution in [0.1, 0.15) is 23.1 Å². The number of nitrogens with zero attached hydrogens (tertiary/aromatic N) is 2. The van der Waals surface area contributed by atoms with E-state index in [4.69, 9.17) is 11.6 Å². The van der Waals surface area contributed by atoms with Crippen LogP contribution < -0.4 is 5.32 Å². The van der Waals surface area contributed by atoms with Crippen molar-refractivity contribution in [3.8, 4) is 17.3 Å². The zero-order chi connectivity index (χ0) is 19.4. The molecule has 6 heteroatoms. The van der Waals surface area contributed by atoms with Gasteiger partial charge in [0, 0.05) is 17.5 Å². The van der Waals surface area contributed by atoms with E-state index in [0.29, 0.717) is 26.3 Å². The van der Waals surface area contributed by atoms with Crippen molar-refractivity contribution in [1.29, 1.82) is 5.26 Å². The third-order valence-electron chi connectivity index (χ3n) is 3.77. The Bertz CT molecular complexity index is 1040. The summed E-state index contributed by atoms with van der Waals surface area (Å²) in [5.41, 5.74) is 3.95. The number of carbonyl (C=O) groups excluding carboxylic acids is 1. The van der Waals surface area contributed by atoms with Gasteiger partial charge in [0.25, 0.3) is 0 Å². The fraction of sp³-hybridized carbons (Fsp3) is 0.0952. The molecule has 0 aliphatic rings. The van der Waals surface area contributed by atoms with Gasteiger partial charge in [-0.05, 0) is 30.7 Å². The molecule has 0 aliphatic carbocycles. The van der Waals surface area contributed by atoms with Crippen LogP contribution in [-0.2, 0) is 4.79 Å². The molecule has 0 unspecified atom stereocenters. The van der Waals surface area contributed by atoms with Crippen molar-refractivity contribution in [2.24, 2.45) is 0 Å². The maximum Gasteiger partial charge on any atom is 0.221 e. The molecule has 1 N–H and O–H groups in total. The van der Waals surface area contributed by atoms with Crippen LogP contribution in [0.25, 0.3) is 22.9 Å². The second kappa shape index (κ2) is 8.17. The number of nitrogens with one attached hydrogen (secondary N) is 1. The molecule has 0 spiro atoms. The summed E-state index contributed by atoms with van der Waals surface area (Å²) in [6.07, 6.45) is 1.76. The number of hydrogen-bond donors (Lipinski definition) is 1. The molecule has 4 nitrogen and oxygen atoms in total. The van der Waals surface area contributed by atoms with Crippen molar-refractivity contribution in [2.45, 2.75) is 13.8 Å². The largest absolute Gasteiger partial charge is 0.316 e. The molecule has 0 aliphatic heterocycles. The highest BCUT2D eigenvalue weighted by Crippen LogP contribution is 2.36. The van der Waals surface area contributed by atoms with E-state index in [2.05, 4.69) is 16.4 Å². The zero-order valence-electron chi connectivity index (χ0n) is 14.8. The van der Waals surface area contributed by atoms with Gasteiger partial charge in [-0.2, -0.15) is 5.26 Å². The van der Waals surface area contributed by atoms with Gasteiger partial charge in [0.05, 0.1) is 5.57 Å². The lowest BCUT2D eigenvalue weighted by atomic mass is 10.1. The number of halogens is 1. The first-order chi connectivity index (χ1) is 13.0. The van der Waals surface area contributed by atoms with Gasteiger partial charge in [-0.15, -0.1) is 0 Å². The van der Waals surface area contributed by atoms with Crippen molar-refractivity contribution in [3.63, 3.8) is 0 Å². The van der Waals surface area contributed by atoms with Crippen LogP contribution in [0.5, 0.6) is 0 Å². The molecule has 1 aromatic heterocycles. The molecule has 134 valence electrons. The van der Waals surface area contributed by atoms with E-state index in [1.807, 2.05) is 43.3 Å². The predicted octanol–water partition coefficient (Wildman–Crippen LogP) is 5.79. The van der Waals surface area contributed by atoms with Gasteiger partial charge >= 0.3 is 0 Å². The first-order valence-corrected chi connectivity index (χ1v) is 9.39. The van der Waals surface area contributed by atoms with E-state index in [9.17, 15) is 10.1 Å². The highest BCUT2D eigenvalue weighted by Gasteiger charge is 2.17. The summed E-state index contributed by atoms with van der Waals surface area (Å²) in [7, 11) is 0. The SMILES string of the molecule is CC(=O)Nc1sc(C(C#N)=Cc2ccc(Cl)cc2)nc1-c1ccc(C)cc1. The second-order valence-corrected chi connectivity index (χ2v) is 7.40. The summed E-state index contributed by atoms with van der Waals surface area (Å²) in [4.78, 5) is 16.2. The fourth-order valence-corrected chi connectivity index (χ4v) is 3.58. The number of amides is 1. The zero-order valence-corrected chi connectivity index (χ0v) is 16.4. The number of aromatic nitrogens is 1. The average molecular weight is 394 g/mol. The lowest BCUT2D eigenvalue weighted by Crippen LogP contribution is -2.05. The number of anilines is 1. The van der Waals surface area contributed by atoms with E-state index < -0.39 is 0 Å². The summed E-state index contributed by atoms with van der Waals surface area (Å²) in [6.45, 7) is 3.46. The van der Waals surface area contributed by atoms with Gasteiger partial charge in [-0.25, -0.2) is 4.98 Å². The maximum atomic E-state index is 11.6. The van der Waals surface area contributed by atoms with Crippen molar-refractivity contribution in [3.05, 3.63) is 69.7 Å². The van der Waals surface area contributed by atoms with Gasteiger partial charge in [0.15, 0.2) is 0 Å². The third kappa shape index (κ3) is 4.62. The summed E-state index contributed by atoms with van der Waals surface area (Å²) < 4.78 is 0. The minimum atomic E-state index is -0.182. The highest BCUT2D eigenvalue weighted by molar-refractivity contribution is 7.17. The molecular formula is C21H16ClN3OS. The van der Waals surface area contributed by atoms with Crippen molar-refractivity contribution < 1.29 is 4.79 Å². The molecule has 1 heterocycles. The lowest BCUT2D eigenvalue weighted by molar-refractivity contribution is -0.114. The molecule has 0 fully saturated rings. The molecule has 0 saturated carbocycles. The number of benzene rings is 2. The molecule has 27 heavy (non-hydrogen) atoms. The lowest BCUT2D eigenvalue weighted by Gasteiger charge is -2.03. The van der Waals surface area contributed by atoms with Gasteiger partial charge in [-0.1, -0.05) is 64.9 Å². The fourth-order valence-electron chi connectivity index (χ4n) is 2.45. The summed E-state index contributed by atoms with van der Waals surface area (Å²) in [5, 5.41) is 14.2. The Hall–Kier alpha value is -2.94. The number of nitriles is 1. The van der Waals surface area contributed by atoms with E-state index >= 15 is 0 Å². The number of allylic oxidation sites excluding steroid dienone is 1. The van der Waals surface area contributed by atoms with Crippen LogP contribution in [0.2, 0.25) is 5.02 Å². The Balaban J connectivity index is 2.06. The Morgan fingerprint density at radius 2 is 1.85 bits per heavy atom. The monoisotopic (exact) mass is 393 g/mol. The molecule has 0 atom stereocenters. The first-order valence-electron chi connectivity index (χ1n) is 8.19. The maximum absolute atomic E-state index is 11.6. The second-order valence-electron chi connectivity index (χ2n) is 5.97. The number of thiazole rings is 1. The minimum Gasteiger partial charge on any atom is -0.316 e. The molecule has 3 aromatic rings. The number of rotatable bonds is 4. The van der Waals surface area contributed by atoms with Crippen molar-refractivity contribution >= 4 is 45.5 Å². The van der Waals surface area contributed by atoms with Gasteiger partial charge in [0.1, 0.15) is 21.8 Å². The minimum absolute atomic E-state index is 0.182. The predicted molar refractivity (Wildman–Crippen MR) is 112 cm³/mol. The van der Waals surface area contributed by atoms with Crippen LogP contribution in [0.15, 0.2) is 48.5 Å². The van der Waals surface area contributed by atoms with E-state index in [0.717, 1.165) is 16.7 Å². The molecule has 0 radical (unpaired) electrons.